The number of hydrogen-bond donors (Lipinski definition) is 1. The first-order valence-electron chi connectivity index (χ1n) is 10.8. The van der Waals surface area contributed by atoms with Crippen molar-refractivity contribution in [2.45, 2.75) is 28.5 Å². The van der Waals surface area contributed by atoms with Gasteiger partial charge in [0.2, 0.25) is 5.91 Å². The van der Waals surface area contributed by atoms with Crippen LogP contribution in [-0.4, -0.2) is 39.5 Å². The lowest BCUT2D eigenvalue weighted by Gasteiger charge is -2.24. The van der Waals surface area contributed by atoms with Crippen molar-refractivity contribution in [2.75, 3.05) is 34.8 Å². The van der Waals surface area contributed by atoms with Crippen molar-refractivity contribution in [2.24, 2.45) is 0 Å². The fourth-order valence-corrected chi connectivity index (χ4v) is 5.83. The molecule has 0 saturated carbocycles. The lowest BCUT2D eigenvalue weighted by Crippen LogP contribution is -2.38. The number of amides is 1. The molecule has 0 aliphatic rings. The molecule has 0 saturated heterocycles. The Morgan fingerprint density at radius 1 is 0.971 bits per heavy atom. The maximum Gasteiger partial charge on any atom is 0.264 e. The molecule has 180 valence electrons. The Kier molecular flexibility index (Phi) is 9.32. The topological polar surface area (TPSA) is 75.7 Å². The second-order valence-corrected chi connectivity index (χ2v) is 11.1. The van der Waals surface area contributed by atoms with Gasteiger partial charge < -0.3 is 10.1 Å². The molecule has 1 amide bonds. The van der Waals surface area contributed by atoms with E-state index in [0.717, 1.165) is 19.8 Å². The SMILES string of the molecule is CCOc1ccc(N(CC(=O)Nc2ccccc2SCC)S(=O)(=O)c2ccc(SC)cc2)cc1. The molecule has 3 aromatic rings. The van der Waals surface area contributed by atoms with E-state index in [1.54, 1.807) is 60.3 Å². The van der Waals surface area contributed by atoms with Crippen LogP contribution in [0.1, 0.15) is 13.8 Å². The lowest BCUT2D eigenvalue weighted by molar-refractivity contribution is -0.114. The molecule has 3 rings (SSSR count). The maximum absolute atomic E-state index is 13.6. The number of benzene rings is 3. The predicted molar refractivity (Wildman–Crippen MR) is 142 cm³/mol. The van der Waals surface area contributed by atoms with E-state index < -0.39 is 15.9 Å². The number of thioether (sulfide) groups is 2. The van der Waals surface area contributed by atoms with Gasteiger partial charge in [-0.2, -0.15) is 0 Å². The van der Waals surface area contributed by atoms with Gasteiger partial charge in [-0.3, -0.25) is 9.10 Å². The van der Waals surface area contributed by atoms with Gasteiger partial charge in [-0.05, 0) is 79.6 Å². The smallest absolute Gasteiger partial charge is 0.264 e. The van der Waals surface area contributed by atoms with Gasteiger partial charge in [0.15, 0.2) is 0 Å². The van der Waals surface area contributed by atoms with Gasteiger partial charge >= 0.3 is 0 Å². The molecule has 3 aromatic carbocycles. The zero-order valence-corrected chi connectivity index (χ0v) is 21.8. The molecule has 0 aliphatic carbocycles. The lowest BCUT2D eigenvalue weighted by atomic mass is 10.3. The van der Waals surface area contributed by atoms with Gasteiger partial charge in [0.25, 0.3) is 10.0 Å². The summed E-state index contributed by atoms with van der Waals surface area (Å²) >= 11 is 3.14. The molecular formula is C25H28N2O4S3. The highest BCUT2D eigenvalue weighted by molar-refractivity contribution is 7.99. The Hall–Kier alpha value is -2.62. The Balaban J connectivity index is 1.93. The first kappa shape index (κ1) is 26.0. The number of nitrogens with one attached hydrogen (secondary N) is 1. The van der Waals surface area contributed by atoms with Crippen molar-refractivity contribution in [3.05, 3.63) is 72.8 Å². The van der Waals surface area contributed by atoms with Gasteiger partial charge in [-0.1, -0.05) is 19.1 Å². The summed E-state index contributed by atoms with van der Waals surface area (Å²) in [6.45, 7) is 4.04. The second kappa shape index (κ2) is 12.2. The second-order valence-electron chi connectivity index (χ2n) is 7.09. The molecular weight excluding hydrogens is 488 g/mol. The van der Waals surface area contributed by atoms with E-state index in [0.29, 0.717) is 23.7 Å². The van der Waals surface area contributed by atoms with Crippen LogP contribution in [0.4, 0.5) is 11.4 Å². The normalized spacial score (nSPS) is 11.1. The van der Waals surface area contributed by atoms with E-state index in [2.05, 4.69) is 5.32 Å². The highest BCUT2D eigenvalue weighted by atomic mass is 32.2. The van der Waals surface area contributed by atoms with Crippen molar-refractivity contribution in [1.29, 1.82) is 0 Å². The number of hydrogen-bond acceptors (Lipinski definition) is 6. The summed E-state index contributed by atoms with van der Waals surface area (Å²) in [5.74, 6) is 1.05. The van der Waals surface area contributed by atoms with Crippen LogP contribution in [0.2, 0.25) is 0 Å². The molecule has 0 aliphatic heterocycles. The number of rotatable bonds is 11. The number of para-hydroxylation sites is 1. The molecule has 0 atom stereocenters. The van der Waals surface area contributed by atoms with Crippen molar-refractivity contribution < 1.29 is 17.9 Å². The largest absolute Gasteiger partial charge is 0.494 e. The molecule has 0 bridgehead atoms. The van der Waals surface area contributed by atoms with Gasteiger partial charge in [0, 0.05) is 9.79 Å². The number of nitrogens with zero attached hydrogens (tertiary/aromatic N) is 1. The van der Waals surface area contributed by atoms with E-state index >= 15 is 0 Å². The zero-order chi connectivity index (χ0) is 24.6. The van der Waals surface area contributed by atoms with Gasteiger partial charge in [-0.25, -0.2) is 8.42 Å². The summed E-state index contributed by atoms with van der Waals surface area (Å²) in [7, 11) is -3.99. The molecule has 0 spiro atoms. The highest BCUT2D eigenvalue weighted by Crippen LogP contribution is 2.29. The number of carbonyl (C=O) groups excluding carboxylic acids is 1. The average molecular weight is 517 g/mol. The van der Waals surface area contributed by atoms with Crippen LogP contribution in [0.5, 0.6) is 5.75 Å². The monoisotopic (exact) mass is 516 g/mol. The minimum atomic E-state index is -3.99. The van der Waals surface area contributed by atoms with E-state index in [9.17, 15) is 13.2 Å². The van der Waals surface area contributed by atoms with E-state index in [1.807, 2.05) is 44.4 Å². The quantitative estimate of drug-likeness (QED) is 0.327. The minimum absolute atomic E-state index is 0.119. The average Bonchev–Trinajstić information content (AvgIpc) is 2.85. The van der Waals surface area contributed by atoms with Crippen LogP contribution in [0.15, 0.2) is 87.5 Å². The van der Waals surface area contributed by atoms with Gasteiger partial charge in [0.1, 0.15) is 12.3 Å². The standard InChI is InChI=1S/C25H28N2O4S3/c1-4-31-20-12-10-19(11-13-20)27(34(29,30)22-16-14-21(32-3)15-17-22)18-25(28)26-23-8-6-7-9-24(23)33-5-2/h6-17H,4-5,18H2,1-3H3,(H,26,28). The molecule has 0 aromatic heterocycles. The molecule has 0 radical (unpaired) electrons. The summed E-state index contributed by atoms with van der Waals surface area (Å²) in [5, 5.41) is 2.88. The highest BCUT2D eigenvalue weighted by Gasteiger charge is 2.27. The molecule has 9 heteroatoms. The van der Waals surface area contributed by atoms with Crippen LogP contribution in [0, 0.1) is 0 Å². The molecule has 0 heterocycles. The third-order valence-electron chi connectivity index (χ3n) is 4.83. The van der Waals surface area contributed by atoms with E-state index in [1.165, 1.54) is 11.8 Å². The Morgan fingerprint density at radius 2 is 1.65 bits per heavy atom. The fraction of sp³-hybridized carbons (Fsp3) is 0.240. The summed E-state index contributed by atoms with van der Waals surface area (Å²) in [4.78, 5) is 15.1. The third-order valence-corrected chi connectivity index (χ3v) is 8.32. The van der Waals surface area contributed by atoms with Gasteiger partial charge in [0.05, 0.1) is 22.9 Å². The first-order valence-corrected chi connectivity index (χ1v) is 14.5. The van der Waals surface area contributed by atoms with Crippen LogP contribution in [0.25, 0.3) is 0 Å². The Bertz CT molecular complexity index is 1200. The van der Waals surface area contributed by atoms with Gasteiger partial charge in [-0.15, -0.1) is 23.5 Å². The predicted octanol–water partition coefficient (Wildman–Crippen LogP) is 5.75. The zero-order valence-electron chi connectivity index (χ0n) is 19.4. The van der Waals surface area contributed by atoms with Crippen LogP contribution < -0.4 is 14.4 Å². The van der Waals surface area contributed by atoms with E-state index in [-0.39, 0.29) is 11.4 Å². The number of sulfonamides is 1. The molecule has 6 nitrogen and oxygen atoms in total. The number of ether oxygens (including phenoxy) is 1. The van der Waals surface area contributed by atoms with Crippen LogP contribution in [0.3, 0.4) is 0 Å². The van der Waals surface area contributed by atoms with E-state index in [4.69, 9.17) is 4.74 Å². The molecule has 1 N–H and O–H groups in total. The summed E-state index contributed by atoms with van der Waals surface area (Å²) in [6.07, 6.45) is 1.93. The van der Waals surface area contributed by atoms with Crippen molar-refractivity contribution in [3.8, 4) is 5.75 Å². The van der Waals surface area contributed by atoms with Crippen LogP contribution in [-0.2, 0) is 14.8 Å². The van der Waals surface area contributed by atoms with Crippen molar-refractivity contribution in [1.82, 2.24) is 0 Å². The Labute approximate surface area is 210 Å². The summed E-state index contributed by atoms with van der Waals surface area (Å²) < 4.78 is 33.8. The summed E-state index contributed by atoms with van der Waals surface area (Å²) in [5.41, 5.74) is 1.04. The van der Waals surface area contributed by atoms with Crippen molar-refractivity contribution in [3.63, 3.8) is 0 Å². The fourth-order valence-electron chi connectivity index (χ4n) is 3.24. The Morgan fingerprint density at radius 3 is 2.26 bits per heavy atom. The molecule has 0 unspecified atom stereocenters. The maximum atomic E-state index is 13.6. The van der Waals surface area contributed by atoms with Crippen molar-refractivity contribution >= 4 is 50.8 Å². The third kappa shape index (κ3) is 6.49. The molecule has 0 fully saturated rings. The van der Waals surface area contributed by atoms with Crippen LogP contribution >= 0.6 is 23.5 Å². The number of anilines is 2. The molecule has 34 heavy (non-hydrogen) atoms. The number of carbonyl (C=O) groups is 1. The summed E-state index contributed by atoms with van der Waals surface area (Å²) in [6, 6.07) is 20.8. The first-order chi connectivity index (χ1) is 16.4. The minimum Gasteiger partial charge on any atom is -0.494 e.